The highest BCUT2D eigenvalue weighted by atomic mass is 16.5. The molecule has 1 unspecified atom stereocenters. The van der Waals surface area contributed by atoms with Crippen LogP contribution in [0.15, 0.2) is 54.7 Å². The highest BCUT2D eigenvalue weighted by molar-refractivity contribution is 6.04. The molecular formula is C21H20N4O4. The average Bonchev–Trinajstić information content (AvgIpc) is 3.28. The third-order valence-electron chi connectivity index (χ3n) is 4.77. The Kier molecular flexibility index (Phi) is 4.90. The highest BCUT2D eigenvalue weighted by Crippen LogP contribution is 2.36. The topological polar surface area (TPSA) is 94.5 Å². The van der Waals surface area contributed by atoms with Gasteiger partial charge in [0.15, 0.2) is 0 Å². The van der Waals surface area contributed by atoms with Crippen LogP contribution in [0, 0.1) is 0 Å². The standard InChI is InChI=1S/C21H20N4O4/c1-28-15-8-6-14(7-9-15)23-19(26)11-18-21(27)24-20-17(12-22-25(18)20)13-4-3-5-16(10-13)29-2/h3-10,12,18H,11H2,1-2H3,(H,23,26)(H,24,27). The van der Waals surface area contributed by atoms with Crippen LogP contribution in [0.4, 0.5) is 11.5 Å². The van der Waals surface area contributed by atoms with Crippen LogP contribution in [-0.4, -0.2) is 35.8 Å². The number of amides is 2. The van der Waals surface area contributed by atoms with Gasteiger partial charge in [-0.25, -0.2) is 4.68 Å². The van der Waals surface area contributed by atoms with Crippen molar-refractivity contribution in [2.24, 2.45) is 0 Å². The number of fused-ring (bicyclic) bond motifs is 1. The summed E-state index contributed by atoms with van der Waals surface area (Å²) < 4.78 is 11.9. The summed E-state index contributed by atoms with van der Waals surface area (Å²) in [4.78, 5) is 24.9. The summed E-state index contributed by atoms with van der Waals surface area (Å²) in [5.74, 6) is 1.45. The van der Waals surface area contributed by atoms with Crippen LogP contribution in [0.3, 0.4) is 0 Å². The molecule has 8 heteroatoms. The molecule has 0 radical (unpaired) electrons. The van der Waals surface area contributed by atoms with Gasteiger partial charge in [-0.05, 0) is 42.0 Å². The van der Waals surface area contributed by atoms with E-state index in [1.807, 2.05) is 24.3 Å². The van der Waals surface area contributed by atoms with E-state index in [-0.39, 0.29) is 18.2 Å². The fourth-order valence-corrected chi connectivity index (χ4v) is 3.28. The highest BCUT2D eigenvalue weighted by Gasteiger charge is 2.35. The van der Waals surface area contributed by atoms with Gasteiger partial charge < -0.3 is 20.1 Å². The van der Waals surface area contributed by atoms with Crippen molar-refractivity contribution in [3.05, 3.63) is 54.7 Å². The Labute approximate surface area is 167 Å². The minimum atomic E-state index is -0.706. The van der Waals surface area contributed by atoms with E-state index < -0.39 is 6.04 Å². The van der Waals surface area contributed by atoms with Crippen molar-refractivity contribution >= 4 is 23.3 Å². The van der Waals surface area contributed by atoms with Gasteiger partial charge in [-0.2, -0.15) is 5.10 Å². The number of nitrogens with one attached hydrogen (secondary N) is 2. The SMILES string of the molecule is COc1ccc(NC(=O)CC2C(=O)Nc3c(-c4cccc(OC)c4)cnn32)cc1. The van der Waals surface area contributed by atoms with Gasteiger partial charge in [0.25, 0.3) is 5.91 Å². The molecule has 3 aromatic rings. The molecule has 0 bridgehead atoms. The maximum atomic E-state index is 12.5. The van der Waals surface area contributed by atoms with Gasteiger partial charge in [0.1, 0.15) is 23.4 Å². The Morgan fingerprint density at radius 1 is 1.14 bits per heavy atom. The van der Waals surface area contributed by atoms with Gasteiger partial charge in [0.05, 0.1) is 26.8 Å². The first-order chi connectivity index (χ1) is 14.1. The number of hydrogen-bond acceptors (Lipinski definition) is 5. The third-order valence-corrected chi connectivity index (χ3v) is 4.77. The number of carbonyl (C=O) groups is 2. The Balaban J connectivity index is 1.51. The summed E-state index contributed by atoms with van der Waals surface area (Å²) in [5, 5.41) is 9.97. The molecule has 8 nitrogen and oxygen atoms in total. The van der Waals surface area contributed by atoms with E-state index >= 15 is 0 Å². The summed E-state index contributed by atoms with van der Waals surface area (Å²) >= 11 is 0. The number of aromatic nitrogens is 2. The summed E-state index contributed by atoms with van der Waals surface area (Å²) in [6.45, 7) is 0. The molecular weight excluding hydrogens is 372 g/mol. The molecule has 1 aliphatic heterocycles. The minimum absolute atomic E-state index is 0.0237. The van der Waals surface area contributed by atoms with Crippen molar-refractivity contribution < 1.29 is 19.1 Å². The number of anilines is 2. The second-order valence-electron chi connectivity index (χ2n) is 6.57. The van der Waals surface area contributed by atoms with Crippen LogP contribution < -0.4 is 20.1 Å². The number of nitrogens with zero attached hydrogens (tertiary/aromatic N) is 2. The normalized spacial score (nSPS) is 14.8. The van der Waals surface area contributed by atoms with Crippen LogP contribution in [-0.2, 0) is 9.59 Å². The molecule has 2 amide bonds. The lowest BCUT2D eigenvalue weighted by atomic mass is 10.1. The lowest BCUT2D eigenvalue weighted by Gasteiger charge is -2.10. The molecule has 2 aromatic carbocycles. The monoisotopic (exact) mass is 392 g/mol. The van der Waals surface area contributed by atoms with Gasteiger partial charge in [-0.3, -0.25) is 9.59 Å². The molecule has 148 valence electrons. The van der Waals surface area contributed by atoms with Gasteiger partial charge in [-0.1, -0.05) is 12.1 Å². The molecule has 0 saturated heterocycles. The Morgan fingerprint density at radius 3 is 2.62 bits per heavy atom. The van der Waals surface area contributed by atoms with E-state index in [0.717, 1.165) is 11.1 Å². The predicted molar refractivity (Wildman–Crippen MR) is 108 cm³/mol. The molecule has 2 N–H and O–H groups in total. The summed E-state index contributed by atoms with van der Waals surface area (Å²) in [7, 11) is 3.18. The van der Waals surface area contributed by atoms with Crippen LogP contribution in [0.25, 0.3) is 11.1 Å². The molecule has 0 fully saturated rings. The zero-order valence-electron chi connectivity index (χ0n) is 16.0. The second kappa shape index (κ2) is 7.67. The molecule has 4 rings (SSSR count). The number of carbonyl (C=O) groups excluding carboxylic acids is 2. The molecule has 2 heterocycles. The largest absolute Gasteiger partial charge is 0.497 e. The van der Waals surface area contributed by atoms with Crippen molar-refractivity contribution in [3.8, 4) is 22.6 Å². The van der Waals surface area contributed by atoms with Crippen LogP contribution in [0.5, 0.6) is 11.5 Å². The average molecular weight is 392 g/mol. The molecule has 29 heavy (non-hydrogen) atoms. The summed E-state index contributed by atoms with van der Waals surface area (Å²) in [6, 6.07) is 13.8. The maximum absolute atomic E-state index is 12.5. The van der Waals surface area contributed by atoms with E-state index in [1.165, 1.54) is 0 Å². The van der Waals surface area contributed by atoms with Crippen LogP contribution in [0.1, 0.15) is 12.5 Å². The number of hydrogen-bond donors (Lipinski definition) is 2. The van der Waals surface area contributed by atoms with E-state index in [9.17, 15) is 9.59 Å². The lowest BCUT2D eigenvalue weighted by Crippen LogP contribution is -2.23. The van der Waals surface area contributed by atoms with Gasteiger partial charge in [0, 0.05) is 11.3 Å². The molecule has 0 aliphatic carbocycles. The van der Waals surface area contributed by atoms with Crippen LogP contribution in [0.2, 0.25) is 0 Å². The second-order valence-corrected chi connectivity index (χ2v) is 6.57. The summed E-state index contributed by atoms with van der Waals surface area (Å²) in [6.07, 6.45) is 1.65. The quantitative estimate of drug-likeness (QED) is 0.672. The molecule has 1 atom stereocenters. The minimum Gasteiger partial charge on any atom is -0.497 e. The van der Waals surface area contributed by atoms with E-state index in [0.29, 0.717) is 23.0 Å². The Hall–Kier alpha value is -3.81. The van der Waals surface area contributed by atoms with Crippen molar-refractivity contribution in [1.82, 2.24) is 9.78 Å². The van der Waals surface area contributed by atoms with Gasteiger partial charge in [0.2, 0.25) is 5.91 Å². The molecule has 1 aliphatic rings. The first-order valence-corrected chi connectivity index (χ1v) is 9.05. The Bertz CT molecular complexity index is 1060. The van der Waals surface area contributed by atoms with Crippen molar-refractivity contribution in [2.45, 2.75) is 12.5 Å². The molecule has 0 saturated carbocycles. The van der Waals surface area contributed by atoms with E-state index in [4.69, 9.17) is 9.47 Å². The number of ether oxygens (including phenoxy) is 2. The first kappa shape index (κ1) is 18.5. The van der Waals surface area contributed by atoms with Gasteiger partial charge in [-0.15, -0.1) is 0 Å². The third kappa shape index (κ3) is 3.64. The van der Waals surface area contributed by atoms with Crippen molar-refractivity contribution in [3.63, 3.8) is 0 Å². The number of benzene rings is 2. The zero-order chi connectivity index (χ0) is 20.4. The predicted octanol–water partition coefficient (Wildman–Crippen LogP) is 3.09. The fourth-order valence-electron chi connectivity index (χ4n) is 3.28. The number of methoxy groups -OCH3 is 2. The van der Waals surface area contributed by atoms with E-state index in [1.54, 1.807) is 49.4 Å². The van der Waals surface area contributed by atoms with E-state index in [2.05, 4.69) is 15.7 Å². The first-order valence-electron chi connectivity index (χ1n) is 9.05. The number of rotatable bonds is 6. The van der Waals surface area contributed by atoms with Crippen LogP contribution >= 0.6 is 0 Å². The lowest BCUT2D eigenvalue weighted by molar-refractivity contribution is -0.123. The Morgan fingerprint density at radius 2 is 1.90 bits per heavy atom. The van der Waals surface area contributed by atoms with Gasteiger partial charge >= 0.3 is 0 Å². The molecule has 0 spiro atoms. The smallest absolute Gasteiger partial charge is 0.251 e. The molecule has 1 aromatic heterocycles. The zero-order valence-corrected chi connectivity index (χ0v) is 16.0. The van der Waals surface area contributed by atoms with Crippen molar-refractivity contribution in [1.29, 1.82) is 0 Å². The van der Waals surface area contributed by atoms with Crippen molar-refractivity contribution in [2.75, 3.05) is 24.9 Å². The summed E-state index contributed by atoms with van der Waals surface area (Å²) in [5.41, 5.74) is 2.27. The fraction of sp³-hybridized carbons (Fsp3) is 0.190. The maximum Gasteiger partial charge on any atom is 0.251 e.